The Labute approximate surface area is 67.6 Å². The molecule has 1 fully saturated rings. The maximum Gasteiger partial charge on any atom is 0.114 e. The zero-order valence-electron chi connectivity index (χ0n) is 6.97. The molecule has 2 atom stereocenters. The lowest BCUT2D eigenvalue weighted by molar-refractivity contribution is 0.0559. The van der Waals surface area contributed by atoms with Crippen LogP contribution in [-0.4, -0.2) is 19.9 Å². The first-order valence-electron chi connectivity index (χ1n) is 4.37. The molecule has 2 unspecified atom stereocenters. The first-order valence-corrected chi connectivity index (χ1v) is 4.37. The van der Waals surface area contributed by atoms with E-state index in [-0.39, 0.29) is 0 Å². The molecule has 2 rings (SSSR count). The van der Waals surface area contributed by atoms with Crippen LogP contribution in [0.1, 0.15) is 19.3 Å². The average Bonchev–Trinajstić information content (AvgIpc) is 2.47. The summed E-state index contributed by atoms with van der Waals surface area (Å²) < 4.78 is 5.33. The minimum Gasteiger partial charge on any atom is -0.366 e. The second-order valence-electron chi connectivity index (χ2n) is 3.35. The zero-order chi connectivity index (χ0) is 7.68. The summed E-state index contributed by atoms with van der Waals surface area (Å²) in [6, 6.07) is 0. The van der Waals surface area contributed by atoms with E-state index >= 15 is 0 Å². The highest BCUT2D eigenvalue weighted by Gasteiger charge is 2.31. The van der Waals surface area contributed by atoms with Crippen LogP contribution in [0.25, 0.3) is 0 Å². The van der Waals surface area contributed by atoms with E-state index in [1.54, 1.807) is 12.7 Å². The Morgan fingerprint density at radius 3 is 3.36 bits per heavy atom. The van der Waals surface area contributed by atoms with Gasteiger partial charge in [-0.3, -0.25) is 5.32 Å². The summed E-state index contributed by atoms with van der Waals surface area (Å²) in [6.45, 7) is 1.04. The lowest BCUT2D eigenvalue weighted by Gasteiger charge is -2.21. The Bertz CT molecular complexity index is 176. The van der Waals surface area contributed by atoms with Gasteiger partial charge in [-0.25, -0.2) is 0 Å². The number of methoxy groups -OCH3 is 1. The molecule has 1 aliphatic carbocycles. The maximum absolute atomic E-state index is 5.33. The predicted octanol–water partition coefficient (Wildman–Crippen LogP) is 1.29. The van der Waals surface area contributed by atoms with E-state index in [9.17, 15) is 0 Å². The molecule has 1 saturated heterocycles. The van der Waals surface area contributed by atoms with Gasteiger partial charge in [0, 0.05) is 19.6 Å². The van der Waals surface area contributed by atoms with Crippen LogP contribution in [0.3, 0.4) is 0 Å². The number of rotatable bonds is 1. The number of ether oxygens (including phenoxy) is 1. The SMILES string of the molecule is COC1NCC2=CCCCC21. The third kappa shape index (κ3) is 1.21. The van der Waals surface area contributed by atoms with Crippen LogP contribution in [0.5, 0.6) is 0 Å². The van der Waals surface area contributed by atoms with E-state index in [0.717, 1.165) is 6.54 Å². The van der Waals surface area contributed by atoms with Gasteiger partial charge in [0.2, 0.25) is 0 Å². The van der Waals surface area contributed by atoms with E-state index in [0.29, 0.717) is 12.1 Å². The van der Waals surface area contributed by atoms with Gasteiger partial charge in [0.15, 0.2) is 0 Å². The quantitative estimate of drug-likeness (QED) is 0.573. The molecule has 62 valence electrons. The first kappa shape index (κ1) is 7.32. The van der Waals surface area contributed by atoms with E-state index in [2.05, 4.69) is 11.4 Å². The molecule has 0 aromatic rings. The van der Waals surface area contributed by atoms with E-state index in [1.807, 2.05) is 0 Å². The molecule has 0 bridgehead atoms. The number of fused-ring (bicyclic) bond motifs is 1. The molecule has 0 aromatic carbocycles. The molecule has 2 aliphatic rings. The second-order valence-corrected chi connectivity index (χ2v) is 3.35. The molecule has 0 saturated carbocycles. The number of nitrogens with one attached hydrogen (secondary N) is 1. The van der Waals surface area contributed by atoms with E-state index in [1.165, 1.54) is 19.3 Å². The van der Waals surface area contributed by atoms with Crippen molar-refractivity contribution < 1.29 is 4.74 Å². The molecule has 11 heavy (non-hydrogen) atoms. The molecule has 1 heterocycles. The lowest BCUT2D eigenvalue weighted by atomic mass is 9.89. The molecule has 2 nitrogen and oxygen atoms in total. The second kappa shape index (κ2) is 2.95. The van der Waals surface area contributed by atoms with Gasteiger partial charge in [-0.1, -0.05) is 11.6 Å². The van der Waals surface area contributed by atoms with Crippen LogP contribution in [0, 0.1) is 5.92 Å². The normalized spacial score (nSPS) is 36.6. The summed E-state index contributed by atoms with van der Waals surface area (Å²) in [5.41, 5.74) is 1.57. The smallest absolute Gasteiger partial charge is 0.114 e. The number of hydrogen-bond acceptors (Lipinski definition) is 2. The van der Waals surface area contributed by atoms with Crippen molar-refractivity contribution in [3.8, 4) is 0 Å². The minimum atomic E-state index is 0.293. The standard InChI is InChI=1S/C9H15NO/c1-11-9-8-5-3-2-4-7(8)6-10-9/h4,8-10H,2-3,5-6H2,1H3. The van der Waals surface area contributed by atoms with Crippen molar-refractivity contribution in [2.24, 2.45) is 5.92 Å². The van der Waals surface area contributed by atoms with Crippen molar-refractivity contribution in [2.75, 3.05) is 13.7 Å². The van der Waals surface area contributed by atoms with E-state index in [4.69, 9.17) is 4.74 Å². The zero-order valence-corrected chi connectivity index (χ0v) is 6.97. The maximum atomic E-state index is 5.33. The van der Waals surface area contributed by atoms with Crippen molar-refractivity contribution in [3.63, 3.8) is 0 Å². The molecular formula is C9H15NO. The van der Waals surface area contributed by atoms with Gasteiger partial charge in [0.25, 0.3) is 0 Å². The van der Waals surface area contributed by atoms with Gasteiger partial charge in [0.1, 0.15) is 6.23 Å². The summed E-state index contributed by atoms with van der Waals surface area (Å²) in [7, 11) is 1.79. The van der Waals surface area contributed by atoms with Gasteiger partial charge in [0.05, 0.1) is 0 Å². The van der Waals surface area contributed by atoms with Crippen molar-refractivity contribution >= 4 is 0 Å². The predicted molar refractivity (Wildman–Crippen MR) is 44.2 cm³/mol. The van der Waals surface area contributed by atoms with Gasteiger partial charge in [-0.05, 0) is 19.3 Å². The largest absolute Gasteiger partial charge is 0.366 e. The van der Waals surface area contributed by atoms with Gasteiger partial charge >= 0.3 is 0 Å². The Morgan fingerprint density at radius 2 is 2.55 bits per heavy atom. The fourth-order valence-corrected chi connectivity index (χ4v) is 2.12. The summed E-state index contributed by atoms with van der Waals surface area (Å²) in [5, 5.41) is 3.36. The summed E-state index contributed by atoms with van der Waals surface area (Å²) in [6.07, 6.45) is 6.57. The number of allylic oxidation sites excluding steroid dienone is 1. The van der Waals surface area contributed by atoms with Gasteiger partial charge < -0.3 is 4.74 Å². The Morgan fingerprint density at radius 1 is 1.64 bits per heavy atom. The first-order chi connectivity index (χ1) is 5.42. The molecule has 0 amide bonds. The van der Waals surface area contributed by atoms with Gasteiger partial charge in [-0.15, -0.1) is 0 Å². The van der Waals surface area contributed by atoms with Crippen LogP contribution in [0.4, 0.5) is 0 Å². The van der Waals surface area contributed by atoms with Gasteiger partial charge in [-0.2, -0.15) is 0 Å². The molecule has 0 radical (unpaired) electrons. The van der Waals surface area contributed by atoms with Crippen LogP contribution in [0.15, 0.2) is 11.6 Å². The summed E-state index contributed by atoms with van der Waals surface area (Å²) in [4.78, 5) is 0. The van der Waals surface area contributed by atoms with Crippen LogP contribution < -0.4 is 5.32 Å². The third-order valence-electron chi connectivity index (χ3n) is 2.73. The fourth-order valence-electron chi connectivity index (χ4n) is 2.12. The highest BCUT2D eigenvalue weighted by atomic mass is 16.5. The number of hydrogen-bond donors (Lipinski definition) is 1. The average molecular weight is 153 g/mol. The highest BCUT2D eigenvalue weighted by molar-refractivity contribution is 5.17. The highest BCUT2D eigenvalue weighted by Crippen LogP contribution is 2.31. The Kier molecular flexibility index (Phi) is 1.96. The molecule has 0 spiro atoms. The molecule has 1 aliphatic heterocycles. The third-order valence-corrected chi connectivity index (χ3v) is 2.73. The fraction of sp³-hybridized carbons (Fsp3) is 0.778. The molecular weight excluding hydrogens is 138 g/mol. The topological polar surface area (TPSA) is 21.3 Å². The van der Waals surface area contributed by atoms with Crippen molar-refractivity contribution in [2.45, 2.75) is 25.5 Å². The molecule has 0 aromatic heterocycles. The Balaban J connectivity index is 2.11. The van der Waals surface area contributed by atoms with Crippen LogP contribution >= 0.6 is 0 Å². The van der Waals surface area contributed by atoms with Crippen LogP contribution in [-0.2, 0) is 4.74 Å². The minimum absolute atomic E-state index is 0.293. The lowest BCUT2D eigenvalue weighted by Crippen LogP contribution is -2.28. The van der Waals surface area contributed by atoms with Crippen molar-refractivity contribution in [1.82, 2.24) is 5.32 Å². The van der Waals surface area contributed by atoms with Crippen LogP contribution in [0.2, 0.25) is 0 Å². The monoisotopic (exact) mass is 153 g/mol. The molecule has 2 heteroatoms. The summed E-state index contributed by atoms with van der Waals surface area (Å²) >= 11 is 0. The molecule has 1 N–H and O–H groups in total. The van der Waals surface area contributed by atoms with Crippen molar-refractivity contribution in [3.05, 3.63) is 11.6 Å². The Hall–Kier alpha value is -0.340. The van der Waals surface area contributed by atoms with E-state index < -0.39 is 0 Å². The summed E-state index contributed by atoms with van der Waals surface area (Å²) in [5.74, 6) is 0.675. The van der Waals surface area contributed by atoms with Crippen molar-refractivity contribution in [1.29, 1.82) is 0 Å².